The van der Waals surface area contributed by atoms with E-state index in [9.17, 15) is 37.7 Å². The zero-order valence-corrected chi connectivity index (χ0v) is 34.5. The fraction of sp³-hybridized carbons (Fsp3) is 0.667. The van der Waals surface area contributed by atoms with Gasteiger partial charge in [0.15, 0.2) is 13.2 Å². The monoisotopic (exact) mass is 793 g/mol. The van der Waals surface area contributed by atoms with Crippen LogP contribution < -0.4 is 10.6 Å². The van der Waals surface area contributed by atoms with E-state index in [1.807, 2.05) is 13.1 Å². The number of nitrogens with one attached hydrogen (secondary N) is 2. The van der Waals surface area contributed by atoms with Gasteiger partial charge in [-0.3, -0.25) is 19.7 Å². The lowest BCUT2D eigenvalue weighted by Gasteiger charge is -2.38. The van der Waals surface area contributed by atoms with Crippen LogP contribution in [0.5, 0.6) is 0 Å². The second kappa shape index (κ2) is 16.1. The Morgan fingerprint density at radius 3 is 2.39 bits per heavy atom. The molecular formula is C36H55N5O11SSi. The highest BCUT2D eigenvalue weighted by molar-refractivity contribution is 7.89. The first-order valence-corrected chi connectivity index (χ1v) is 22.7. The van der Waals surface area contributed by atoms with Gasteiger partial charge in [-0.05, 0) is 71.2 Å². The Bertz CT molecular complexity index is 1760. The normalized spacial score (nSPS) is 26.1. The van der Waals surface area contributed by atoms with Crippen LogP contribution in [-0.4, -0.2) is 110 Å². The van der Waals surface area contributed by atoms with E-state index in [2.05, 4.69) is 31.4 Å². The number of amides is 3. The lowest BCUT2D eigenvalue weighted by molar-refractivity contribution is -0.387. The number of fused-ring (bicyclic) bond motifs is 2. The molecule has 1 aromatic rings. The number of alkyl carbamates (subject to hydrolysis) is 1. The first-order chi connectivity index (χ1) is 24.9. The minimum Gasteiger partial charge on any atom is -0.464 e. The molecule has 0 unspecified atom stereocenters. The van der Waals surface area contributed by atoms with Crippen LogP contribution in [0.25, 0.3) is 0 Å². The van der Waals surface area contributed by atoms with Crippen molar-refractivity contribution in [3.05, 3.63) is 46.5 Å². The molecule has 4 rings (SSSR count). The van der Waals surface area contributed by atoms with Crippen molar-refractivity contribution in [2.75, 3.05) is 26.2 Å². The number of esters is 1. The van der Waals surface area contributed by atoms with Crippen LogP contribution in [0.4, 0.5) is 10.5 Å². The molecule has 16 nitrogen and oxygen atoms in total. The number of ether oxygens (including phenoxy) is 2. The number of rotatable bonds is 8. The van der Waals surface area contributed by atoms with E-state index in [4.69, 9.17) is 13.9 Å². The molecule has 1 aliphatic carbocycles. The Morgan fingerprint density at radius 1 is 1.11 bits per heavy atom. The molecule has 5 atom stereocenters. The summed E-state index contributed by atoms with van der Waals surface area (Å²) in [5, 5.41) is 17.2. The third-order valence-electron chi connectivity index (χ3n) is 10.3. The third kappa shape index (κ3) is 9.67. The number of para-hydroxylation sites is 1. The lowest BCUT2D eigenvalue weighted by atomic mass is 10.1. The van der Waals surface area contributed by atoms with E-state index in [1.54, 1.807) is 39.8 Å². The van der Waals surface area contributed by atoms with Crippen LogP contribution >= 0.6 is 0 Å². The molecule has 0 spiro atoms. The molecule has 2 fully saturated rings. The van der Waals surface area contributed by atoms with Gasteiger partial charge in [0.2, 0.25) is 21.8 Å². The molecule has 2 N–H and O–H groups in total. The Kier molecular flexibility index (Phi) is 12.8. The molecule has 1 saturated carbocycles. The second-order valence-corrected chi connectivity index (χ2v) is 23.3. The fourth-order valence-corrected chi connectivity index (χ4v) is 9.45. The Labute approximate surface area is 318 Å². The Balaban J connectivity index is 1.84. The van der Waals surface area contributed by atoms with E-state index in [0.29, 0.717) is 6.42 Å². The minimum absolute atomic E-state index is 0.0669. The van der Waals surface area contributed by atoms with Crippen molar-refractivity contribution in [1.82, 2.24) is 19.8 Å². The van der Waals surface area contributed by atoms with Crippen molar-refractivity contribution < 1.29 is 46.4 Å². The highest BCUT2D eigenvalue weighted by Crippen LogP contribution is 2.46. The SMILES string of the molecule is CCOC(=O)[C@@]12C[C@H]1C=CCCCN(S(=O)(=O)c1ccccc1[N+](=O)[O-])C[C@H](NC(=O)OC(C)(C)C)C(=O)N1C[C@H](O[Si](C)(C)C(C)(C)C)C[C@H]1C(=O)N2. The summed E-state index contributed by atoms with van der Waals surface area (Å²) < 4.78 is 47.1. The minimum atomic E-state index is -4.65. The molecule has 1 aromatic carbocycles. The summed E-state index contributed by atoms with van der Waals surface area (Å²) in [6.07, 6.45) is 2.81. The fourth-order valence-electron chi connectivity index (χ4n) is 6.44. The predicted octanol–water partition coefficient (Wildman–Crippen LogP) is 4.26. The zero-order chi connectivity index (χ0) is 40.4. The first kappa shape index (κ1) is 42.9. The molecule has 0 aromatic heterocycles. The van der Waals surface area contributed by atoms with Gasteiger partial charge in [-0.2, -0.15) is 4.31 Å². The van der Waals surface area contributed by atoms with E-state index in [0.717, 1.165) is 16.4 Å². The maximum absolute atomic E-state index is 14.8. The number of benzene rings is 1. The molecule has 0 bridgehead atoms. The third-order valence-corrected chi connectivity index (χ3v) is 16.8. The van der Waals surface area contributed by atoms with Crippen LogP contribution in [0.2, 0.25) is 18.1 Å². The van der Waals surface area contributed by atoms with Gasteiger partial charge >= 0.3 is 12.1 Å². The van der Waals surface area contributed by atoms with Crippen LogP contribution in [0, 0.1) is 16.0 Å². The highest BCUT2D eigenvalue weighted by Gasteiger charge is 2.62. The van der Waals surface area contributed by atoms with Gasteiger partial charge in [0, 0.05) is 38.0 Å². The molecule has 3 amide bonds. The summed E-state index contributed by atoms with van der Waals surface area (Å²) in [7, 11) is -7.10. The number of sulfonamides is 1. The summed E-state index contributed by atoms with van der Waals surface area (Å²) in [6, 6.07) is 2.13. The van der Waals surface area contributed by atoms with Gasteiger partial charge in [-0.1, -0.05) is 45.1 Å². The molecule has 2 aliphatic heterocycles. The van der Waals surface area contributed by atoms with Gasteiger partial charge < -0.3 is 29.4 Å². The van der Waals surface area contributed by atoms with Crippen LogP contribution in [0.3, 0.4) is 0 Å². The highest BCUT2D eigenvalue weighted by atomic mass is 32.2. The molecule has 1 saturated heterocycles. The number of nitro groups is 1. The maximum Gasteiger partial charge on any atom is 0.408 e. The number of carbonyl (C=O) groups is 4. The molecule has 18 heteroatoms. The number of hydrogen-bond acceptors (Lipinski definition) is 11. The topological polar surface area (TPSA) is 204 Å². The average Bonchev–Trinajstić information content (AvgIpc) is 3.58. The summed E-state index contributed by atoms with van der Waals surface area (Å²) in [4.78, 5) is 67.6. The number of hydrogen-bond donors (Lipinski definition) is 2. The number of carbonyl (C=O) groups excluding carboxylic acids is 4. The predicted molar refractivity (Wildman–Crippen MR) is 201 cm³/mol. The maximum atomic E-state index is 14.8. The Hall–Kier alpha value is -3.87. The van der Waals surface area contributed by atoms with Crippen LogP contribution in [0.1, 0.15) is 74.1 Å². The standard InChI is InChI=1S/C36H55N5O11SSi/c1-10-50-32(44)36-21-24(36)16-12-11-15-19-39(53(48,49)29-18-14-13-17-27(29)41(46)47)23-26(37-33(45)51-34(2,3)4)31(43)40-22-25(20-28(40)30(42)38-36)52-54(8,9)35(5,6)7/h12-14,16-18,24-26,28H,10-11,15,19-23H2,1-9H3,(H,37,45)(H,38,42)/t24-,25-,26+,28+,36-/m1/s1. The average molecular weight is 794 g/mol. The molecular weight excluding hydrogens is 739 g/mol. The van der Waals surface area contributed by atoms with Gasteiger partial charge in [0.25, 0.3) is 5.69 Å². The summed E-state index contributed by atoms with van der Waals surface area (Å²) in [6.45, 7) is 16.0. The van der Waals surface area contributed by atoms with Gasteiger partial charge in [-0.15, -0.1) is 0 Å². The van der Waals surface area contributed by atoms with Crippen LogP contribution in [0.15, 0.2) is 41.3 Å². The molecule has 300 valence electrons. The van der Waals surface area contributed by atoms with Crippen molar-refractivity contribution in [3.63, 3.8) is 0 Å². The quantitative estimate of drug-likeness (QED) is 0.125. The van der Waals surface area contributed by atoms with E-state index < -0.39 is 99.5 Å². The van der Waals surface area contributed by atoms with E-state index in [-0.39, 0.29) is 44.0 Å². The van der Waals surface area contributed by atoms with Crippen molar-refractivity contribution in [3.8, 4) is 0 Å². The number of allylic oxidation sites excluding steroid dienone is 1. The largest absolute Gasteiger partial charge is 0.464 e. The zero-order valence-electron chi connectivity index (χ0n) is 32.7. The van der Waals surface area contributed by atoms with Crippen molar-refractivity contribution in [2.24, 2.45) is 5.92 Å². The van der Waals surface area contributed by atoms with E-state index in [1.165, 1.54) is 17.0 Å². The van der Waals surface area contributed by atoms with Gasteiger partial charge in [0.05, 0.1) is 17.6 Å². The summed E-state index contributed by atoms with van der Waals surface area (Å²) >= 11 is 0. The number of nitrogens with zero attached hydrogens (tertiary/aromatic N) is 3. The second-order valence-electron chi connectivity index (χ2n) is 16.6. The lowest BCUT2D eigenvalue weighted by Crippen LogP contribution is -2.59. The summed E-state index contributed by atoms with van der Waals surface area (Å²) in [5.41, 5.74) is -3.00. The van der Waals surface area contributed by atoms with Crippen molar-refractivity contribution in [1.29, 1.82) is 0 Å². The van der Waals surface area contributed by atoms with Gasteiger partial charge in [-0.25, -0.2) is 18.0 Å². The van der Waals surface area contributed by atoms with Crippen molar-refractivity contribution in [2.45, 2.75) is 127 Å². The van der Waals surface area contributed by atoms with Crippen LogP contribution in [-0.2, 0) is 38.3 Å². The number of nitro benzene ring substituents is 1. The van der Waals surface area contributed by atoms with Crippen molar-refractivity contribution >= 4 is 47.9 Å². The molecule has 0 radical (unpaired) electrons. The first-order valence-electron chi connectivity index (χ1n) is 18.3. The van der Waals surface area contributed by atoms with Gasteiger partial charge in [0.1, 0.15) is 23.2 Å². The summed E-state index contributed by atoms with van der Waals surface area (Å²) in [5.74, 6) is -2.43. The molecule has 54 heavy (non-hydrogen) atoms. The molecule has 3 aliphatic rings. The Morgan fingerprint density at radius 2 is 1.78 bits per heavy atom. The smallest absolute Gasteiger partial charge is 0.408 e. The van der Waals surface area contributed by atoms with E-state index >= 15 is 0 Å². The molecule has 2 heterocycles.